The number of carbonyl (C=O) groups is 2. The molecule has 0 aliphatic carbocycles. The van der Waals surface area contributed by atoms with Crippen molar-refractivity contribution < 1.29 is 9.59 Å². The van der Waals surface area contributed by atoms with Crippen molar-refractivity contribution >= 4 is 28.5 Å². The van der Waals surface area contributed by atoms with E-state index in [0.29, 0.717) is 30.9 Å². The number of nitrogens with two attached hydrogens (primary N) is 1. The number of benzene rings is 1. The van der Waals surface area contributed by atoms with Crippen molar-refractivity contribution in [3.63, 3.8) is 0 Å². The second-order valence-corrected chi connectivity index (χ2v) is 8.13. The Morgan fingerprint density at radius 3 is 2.65 bits per heavy atom. The predicted octanol–water partition coefficient (Wildman–Crippen LogP) is 0.730. The number of primary amides is 1. The summed E-state index contributed by atoms with van der Waals surface area (Å²) in [6.45, 7) is 1.17. The van der Waals surface area contributed by atoms with Crippen molar-refractivity contribution in [2.45, 2.75) is 18.3 Å². The van der Waals surface area contributed by atoms with Crippen molar-refractivity contribution in [1.82, 2.24) is 19.0 Å². The Kier molecular flexibility index (Phi) is 5.36. The van der Waals surface area contributed by atoms with Crippen LogP contribution in [0.3, 0.4) is 0 Å². The van der Waals surface area contributed by atoms with Crippen LogP contribution in [0.15, 0.2) is 47.4 Å². The summed E-state index contributed by atoms with van der Waals surface area (Å²) < 4.78 is 3.11. The van der Waals surface area contributed by atoms with Crippen LogP contribution >= 0.6 is 0 Å². The molecule has 2 amide bonds. The van der Waals surface area contributed by atoms with Gasteiger partial charge in [0.25, 0.3) is 0 Å². The van der Waals surface area contributed by atoms with Crippen molar-refractivity contribution in [2.75, 3.05) is 25.0 Å². The minimum Gasteiger partial charge on any atom is -0.369 e. The van der Waals surface area contributed by atoms with Crippen molar-refractivity contribution in [3.8, 4) is 0 Å². The quantitative estimate of drug-likeness (QED) is 0.629. The van der Waals surface area contributed by atoms with Crippen LogP contribution in [0.5, 0.6) is 0 Å². The molecule has 1 aliphatic heterocycles. The molecule has 0 saturated carbocycles. The number of amides is 2. The third kappa shape index (κ3) is 3.72. The van der Waals surface area contributed by atoms with Gasteiger partial charge in [-0.25, -0.2) is 4.79 Å². The summed E-state index contributed by atoms with van der Waals surface area (Å²) in [6, 6.07) is 10.8. The van der Waals surface area contributed by atoms with E-state index in [-0.39, 0.29) is 18.1 Å². The molecule has 0 spiro atoms. The Balaban J connectivity index is 1.50. The summed E-state index contributed by atoms with van der Waals surface area (Å²) in [4.78, 5) is 43.6. The lowest BCUT2D eigenvalue weighted by atomic mass is 9.76. The van der Waals surface area contributed by atoms with Crippen LogP contribution in [0.25, 0.3) is 11.0 Å². The van der Waals surface area contributed by atoms with Crippen LogP contribution in [0, 0.1) is 0 Å². The second-order valence-electron chi connectivity index (χ2n) is 8.13. The first-order valence-corrected chi connectivity index (χ1v) is 10.2. The number of nitrogens with zero attached hydrogens (tertiary/aromatic N) is 4. The van der Waals surface area contributed by atoms with Gasteiger partial charge >= 0.3 is 5.69 Å². The molecule has 9 nitrogen and oxygen atoms in total. The van der Waals surface area contributed by atoms with Gasteiger partial charge in [0.15, 0.2) is 0 Å². The lowest BCUT2D eigenvalue weighted by Crippen LogP contribution is -2.55. The van der Waals surface area contributed by atoms with Gasteiger partial charge in [0, 0.05) is 32.5 Å². The number of hydrogen-bond acceptors (Lipinski definition) is 5. The highest BCUT2D eigenvalue weighted by Gasteiger charge is 2.43. The number of hydrogen-bond donors (Lipinski definition) is 2. The van der Waals surface area contributed by atoms with E-state index in [4.69, 9.17) is 5.73 Å². The summed E-state index contributed by atoms with van der Waals surface area (Å²) >= 11 is 0. The molecule has 3 N–H and O–H groups in total. The van der Waals surface area contributed by atoms with Gasteiger partial charge in [-0.2, -0.15) is 0 Å². The van der Waals surface area contributed by atoms with E-state index in [0.717, 1.165) is 17.5 Å². The minimum atomic E-state index is -0.902. The molecule has 9 heteroatoms. The number of carbonyl (C=O) groups excluding carboxylic acids is 2. The maximum absolute atomic E-state index is 12.7. The van der Waals surface area contributed by atoms with Gasteiger partial charge in [-0.3, -0.25) is 28.6 Å². The highest BCUT2D eigenvalue weighted by molar-refractivity contribution is 5.94. The summed E-state index contributed by atoms with van der Waals surface area (Å²) in [5.74, 6) is -0.617. The number of anilines is 1. The number of piperidine rings is 1. The molecule has 1 fully saturated rings. The fourth-order valence-corrected chi connectivity index (χ4v) is 4.45. The number of imidazole rings is 1. The first kappa shape index (κ1) is 20.8. The van der Waals surface area contributed by atoms with Crippen LogP contribution in [0.4, 0.5) is 5.69 Å². The van der Waals surface area contributed by atoms with Crippen LogP contribution < -0.4 is 16.7 Å². The van der Waals surface area contributed by atoms with Gasteiger partial charge in [0.1, 0.15) is 5.41 Å². The number of aryl methyl sites for hydroxylation is 2. The highest BCUT2D eigenvalue weighted by Crippen LogP contribution is 2.32. The average Bonchev–Trinajstić information content (AvgIpc) is 2.98. The zero-order valence-electron chi connectivity index (χ0n) is 17.7. The molecule has 3 aromatic rings. The molecular formula is C22H26N6O3. The Labute approximate surface area is 179 Å². The average molecular weight is 422 g/mol. The van der Waals surface area contributed by atoms with E-state index in [1.54, 1.807) is 47.6 Å². The number of rotatable bonds is 5. The molecular weight excluding hydrogens is 396 g/mol. The molecule has 1 aliphatic rings. The summed E-state index contributed by atoms with van der Waals surface area (Å²) in [5, 5.41) is 2.90. The summed E-state index contributed by atoms with van der Waals surface area (Å²) in [5.41, 5.74) is 7.56. The third-order valence-corrected chi connectivity index (χ3v) is 6.12. The monoisotopic (exact) mass is 422 g/mol. The zero-order valence-corrected chi connectivity index (χ0v) is 17.7. The molecule has 1 atom stereocenters. The molecule has 3 heterocycles. The van der Waals surface area contributed by atoms with E-state index in [1.165, 1.54) is 0 Å². The normalized spacial score (nSPS) is 19.4. The van der Waals surface area contributed by atoms with Crippen LogP contribution in [0.2, 0.25) is 0 Å². The Morgan fingerprint density at radius 2 is 1.94 bits per heavy atom. The first-order chi connectivity index (χ1) is 14.8. The smallest absolute Gasteiger partial charge is 0.328 e. The molecule has 2 aromatic heterocycles. The number of pyridine rings is 1. The fourth-order valence-electron chi connectivity index (χ4n) is 4.45. The largest absolute Gasteiger partial charge is 0.369 e. The van der Waals surface area contributed by atoms with Gasteiger partial charge in [-0.05, 0) is 49.7 Å². The molecule has 1 saturated heterocycles. The van der Waals surface area contributed by atoms with Gasteiger partial charge in [0.05, 0.1) is 23.3 Å². The number of fused-ring (bicyclic) bond motifs is 1. The van der Waals surface area contributed by atoms with Crippen molar-refractivity contribution in [2.24, 2.45) is 19.8 Å². The number of nitrogens with one attached hydrogen (secondary N) is 1. The lowest BCUT2D eigenvalue weighted by Gasteiger charge is -2.40. The standard InChI is InChI=1S/C22H26N6O3/c1-26-16-8-7-15(12-17(16)27(2)21(26)31)25-19(29)13-28-11-5-9-22(14-28,20(23)30)18-6-3-4-10-24-18/h3-4,6-8,10,12H,5,9,11,13-14H2,1-2H3,(H2,23,30)(H,25,29). The molecule has 1 unspecified atom stereocenters. The Bertz CT molecular complexity index is 1200. The predicted molar refractivity (Wildman–Crippen MR) is 118 cm³/mol. The van der Waals surface area contributed by atoms with Gasteiger partial charge < -0.3 is 11.1 Å². The summed E-state index contributed by atoms with van der Waals surface area (Å²) in [6.07, 6.45) is 3.00. The third-order valence-electron chi connectivity index (χ3n) is 6.12. The number of aromatic nitrogens is 3. The van der Waals surface area contributed by atoms with E-state index in [1.807, 2.05) is 23.1 Å². The zero-order chi connectivity index (χ0) is 22.2. The van der Waals surface area contributed by atoms with Gasteiger partial charge in [-0.15, -0.1) is 0 Å². The first-order valence-electron chi connectivity index (χ1n) is 10.2. The maximum Gasteiger partial charge on any atom is 0.328 e. The molecule has 162 valence electrons. The van der Waals surface area contributed by atoms with Crippen LogP contribution in [0.1, 0.15) is 18.5 Å². The van der Waals surface area contributed by atoms with Gasteiger partial charge in [-0.1, -0.05) is 6.07 Å². The van der Waals surface area contributed by atoms with E-state index < -0.39 is 11.3 Å². The second kappa shape index (κ2) is 7.99. The molecule has 31 heavy (non-hydrogen) atoms. The van der Waals surface area contributed by atoms with E-state index >= 15 is 0 Å². The van der Waals surface area contributed by atoms with E-state index in [9.17, 15) is 14.4 Å². The molecule has 4 rings (SSSR count). The molecule has 0 radical (unpaired) electrons. The van der Waals surface area contributed by atoms with Crippen molar-refractivity contribution in [1.29, 1.82) is 0 Å². The van der Waals surface area contributed by atoms with Crippen molar-refractivity contribution in [3.05, 3.63) is 58.8 Å². The number of likely N-dealkylation sites (tertiary alicyclic amines) is 1. The van der Waals surface area contributed by atoms with Crippen LogP contribution in [-0.4, -0.2) is 50.5 Å². The Hall–Kier alpha value is -3.46. The van der Waals surface area contributed by atoms with E-state index in [2.05, 4.69) is 10.3 Å². The van der Waals surface area contributed by atoms with Gasteiger partial charge in [0.2, 0.25) is 11.8 Å². The fraction of sp³-hybridized carbons (Fsp3) is 0.364. The topological polar surface area (TPSA) is 115 Å². The molecule has 0 bridgehead atoms. The van der Waals surface area contributed by atoms with Crippen LogP contribution in [-0.2, 0) is 29.1 Å². The molecule has 1 aromatic carbocycles. The Morgan fingerprint density at radius 1 is 1.16 bits per heavy atom. The SMILES string of the molecule is Cn1c(=O)n(C)c2cc(NC(=O)CN3CCCC(C(N)=O)(c4ccccn4)C3)ccc21. The summed E-state index contributed by atoms with van der Waals surface area (Å²) in [7, 11) is 3.41. The maximum atomic E-state index is 12.7. The highest BCUT2D eigenvalue weighted by atomic mass is 16.2. The minimum absolute atomic E-state index is 0.121. The lowest BCUT2D eigenvalue weighted by molar-refractivity contribution is -0.127.